The van der Waals surface area contributed by atoms with E-state index in [4.69, 9.17) is 14.2 Å². The van der Waals surface area contributed by atoms with Crippen LogP contribution in [0.4, 0.5) is 0 Å². The smallest absolute Gasteiger partial charge is 0.315 e. The van der Waals surface area contributed by atoms with Crippen molar-refractivity contribution in [1.29, 1.82) is 0 Å². The molecule has 0 spiro atoms. The van der Waals surface area contributed by atoms with Gasteiger partial charge in [-0.05, 0) is 19.4 Å². The minimum absolute atomic E-state index is 0.186. The first-order chi connectivity index (χ1) is 11.0. The monoisotopic (exact) mass is 323 g/mol. The number of carbonyl (C=O) groups excluding carboxylic acids is 1. The Morgan fingerprint density at radius 1 is 1.35 bits per heavy atom. The van der Waals surface area contributed by atoms with Crippen molar-refractivity contribution in [3.8, 4) is 0 Å². The van der Waals surface area contributed by atoms with Gasteiger partial charge in [-0.3, -0.25) is 14.9 Å². The summed E-state index contributed by atoms with van der Waals surface area (Å²) >= 11 is 0. The Labute approximate surface area is 134 Å². The Morgan fingerprint density at radius 2 is 1.96 bits per heavy atom. The molecule has 1 heterocycles. The summed E-state index contributed by atoms with van der Waals surface area (Å²) in [5.74, 6) is -3.40. The molecule has 1 aromatic rings. The van der Waals surface area contributed by atoms with E-state index in [1.807, 2.05) is 6.07 Å². The van der Waals surface area contributed by atoms with E-state index < -0.39 is 35.1 Å². The van der Waals surface area contributed by atoms with E-state index in [-0.39, 0.29) is 6.61 Å². The normalized spacial score (nSPS) is 19.0. The maximum atomic E-state index is 12.5. The van der Waals surface area contributed by atoms with Gasteiger partial charge in [-0.2, -0.15) is 0 Å². The first-order valence-electron chi connectivity index (χ1n) is 7.59. The summed E-state index contributed by atoms with van der Waals surface area (Å²) < 4.78 is 16.4. The van der Waals surface area contributed by atoms with E-state index in [9.17, 15) is 14.9 Å². The van der Waals surface area contributed by atoms with Crippen molar-refractivity contribution in [2.75, 3.05) is 26.4 Å². The number of nitro groups is 1. The fourth-order valence-electron chi connectivity index (χ4n) is 2.95. The second-order valence-electron chi connectivity index (χ2n) is 5.48. The quantitative estimate of drug-likeness (QED) is 0.433. The number of nitrogens with zero attached hydrogens (tertiary/aromatic N) is 1. The van der Waals surface area contributed by atoms with Crippen molar-refractivity contribution in [3.63, 3.8) is 0 Å². The van der Waals surface area contributed by atoms with E-state index in [1.165, 1.54) is 0 Å². The maximum Gasteiger partial charge on any atom is 0.315 e. The van der Waals surface area contributed by atoms with Crippen molar-refractivity contribution in [3.05, 3.63) is 46.0 Å². The largest absolute Gasteiger partial charge is 0.466 e. The number of rotatable bonds is 7. The van der Waals surface area contributed by atoms with Gasteiger partial charge in [0, 0.05) is 4.92 Å². The fourth-order valence-corrected chi connectivity index (χ4v) is 2.95. The van der Waals surface area contributed by atoms with Gasteiger partial charge in [0.1, 0.15) is 5.92 Å². The zero-order chi connectivity index (χ0) is 16.9. The topological polar surface area (TPSA) is 87.9 Å². The predicted octanol–water partition coefficient (Wildman–Crippen LogP) is 1.99. The van der Waals surface area contributed by atoms with Crippen LogP contribution in [-0.4, -0.2) is 43.0 Å². The zero-order valence-electron chi connectivity index (χ0n) is 13.3. The van der Waals surface area contributed by atoms with E-state index in [0.717, 1.165) is 0 Å². The summed E-state index contributed by atoms with van der Waals surface area (Å²) in [5.41, 5.74) is 0.683. The molecule has 1 aliphatic rings. The van der Waals surface area contributed by atoms with Crippen LogP contribution in [-0.2, 0) is 19.0 Å². The minimum Gasteiger partial charge on any atom is -0.466 e. The first-order valence-corrected chi connectivity index (χ1v) is 7.59. The molecule has 23 heavy (non-hydrogen) atoms. The number of hydrogen-bond donors (Lipinski definition) is 0. The number of benzene rings is 1. The molecular weight excluding hydrogens is 302 g/mol. The molecule has 1 aliphatic heterocycles. The number of ether oxygens (including phenoxy) is 3. The summed E-state index contributed by atoms with van der Waals surface area (Å²) in [6.45, 7) is 3.79. The lowest BCUT2D eigenvalue weighted by Gasteiger charge is -2.34. The fraction of sp³-hybridized carbons (Fsp3) is 0.562. The Bertz CT molecular complexity index is 541. The Kier molecular flexibility index (Phi) is 5.68. The second-order valence-corrected chi connectivity index (χ2v) is 5.48. The number of carbonyl (C=O) groups is 1. The van der Waals surface area contributed by atoms with Crippen LogP contribution in [0, 0.1) is 16.0 Å². The minimum atomic E-state index is -1.23. The molecule has 126 valence electrons. The van der Waals surface area contributed by atoms with Crippen LogP contribution in [0.25, 0.3) is 0 Å². The zero-order valence-corrected chi connectivity index (χ0v) is 13.3. The second kappa shape index (κ2) is 7.52. The summed E-state index contributed by atoms with van der Waals surface area (Å²) in [6, 6.07) is 8.90. The molecular formula is C16H21NO6. The third kappa shape index (κ3) is 4.05. The van der Waals surface area contributed by atoms with Crippen molar-refractivity contribution in [2.45, 2.75) is 25.6 Å². The number of hydrogen-bond acceptors (Lipinski definition) is 6. The van der Waals surface area contributed by atoms with E-state index in [0.29, 0.717) is 18.8 Å². The average Bonchev–Trinajstić information content (AvgIpc) is 2.94. The molecule has 2 unspecified atom stereocenters. The van der Waals surface area contributed by atoms with Crippen LogP contribution in [0.1, 0.15) is 25.3 Å². The third-order valence-corrected chi connectivity index (χ3v) is 3.94. The lowest BCUT2D eigenvalue weighted by atomic mass is 9.80. The van der Waals surface area contributed by atoms with Gasteiger partial charge in [0.05, 0.1) is 25.7 Å². The highest BCUT2D eigenvalue weighted by atomic mass is 16.7. The van der Waals surface area contributed by atoms with Gasteiger partial charge in [0.15, 0.2) is 5.79 Å². The molecule has 7 heteroatoms. The van der Waals surface area contributed by atoms with Gasteiger partial charge in [-0.15, -0.1) is 0 Å². The lowest BCUT2D eigenvalue weighted by molar-refractivity contribution is -0.486. The van der Waals surface area contributed by atoms with Gasteiger partial charge in [-0.1, -0.05) is 30.3 Å². The number of esters is 1. The molecule has 0 amide bonds. The first kappa shape index (κ1) is 17.4. The van der Waals surface area contributed by atoms with Gasteiger partial charge in [0.2, 0.25) is 6.54 Å². The highest BCUT2D eigenvalue weighted by Crippen LogP contribution is 2.39. The molecule has 1 saturated heterocycles. The molecule has 2 atom stereocenters. The van der Waals surface area contributed by atoms with Gasteiger partial charge in [0.25, 0.3) is 0 Å². The van der Waals surface area contributed by atoms with Crippen molar-refractivity contribution in [1.82, 2.24) is 0 Å². The standard InChI is InChI=1S/C16H21NO6/c1-3-21-15(18)14(16(2)22-9-10-23-16)13(11-17(19)20)12-7-5-4-6-8-12/h4-8,13-14H,3,9-11H2,1-2H3. The summed E-state index contributed by atoms with van der Waals surface area (Å²) in [6.07, 6.45) is 0. The average molecular weight is 323 g/mol. The summed E-state index contributed by atoms with van der Waals surface area (Å²) in [5, 5.41) is 11.2. The molecule has 7 nitrogen and oxygen atoms in total. The third-order valence-electron chi connectivity index (χ3n) is 3.94. The van der Waals surface area contributed by atoms with Crippen LogP contribution in [0.2, 0.25) is 0 Å². The molecule has 1 aromatic carbocycles. The van der Waals surface area contributed by atoms with Crippen LogP contribution in [0.3, 0.4) is 0 Å². The Balaban J connectivity index is 2.42. The molecule has 0 N–H and O–H groups in total. The van der Waals surface area contributed by atoms with Gasteiger partial charge < -0.3 is 14.2 Å². The summed E-state index contributed by atoms with van der Waals surface area (Å²) in [7, 11) is 0. The molecule has 0 saturated carbocycles. The van der Waals surface area contributed by atoms with Gasteiger partial charge >= 0.3 is 5.97 Å². The Morgan fingerprint density at radius 3 is 2.48 bits per heavy atom. The van der Waals surface area contributed by atoms with Crippen LogP contribution >= 0.6 is 0 Å². The van der Waals surface area contributed by atoms with Crippen LogP contribution in [0.5, 0.6) is 0 Å². The van der Waals surface area contributed by atoms with Crippen LogP contribution < -0.4 is 0 Å². The van der Waals surface area contributed by atoms with E-state index in [2.05, 4.69) is 0 Å². The lowest BCUT2D eigenvalue weighted by Crippen LogP contribution is -2.46. The maximum absolute atomic E-state index is 12.5. The van der Waals surface area contributed by atoms with Crippen LogP contribution in [0.15, 0.2) is 30.3 Å². The van der Waals surface area contributed by atoms with Crippen molar-refractivity contribution in [2.24, 2.45) is 5.92 Å². The molecule has 2 rings (SSSR count). The Hall–Kier alpha value is -1.99. The van der Waals surface area contributed by atoms with E-state index in [1.54, 1.807) is 38.1 Å². The van der Waals surface area contributed by atoms with E-state index >= 15 is 0 Å². The highest BCUT2D eigenvalue weighted by Gasteiger charge is 2.51. The molecule has 1 fully saturated rings. The van der Waals surface area contributed by atoms with Gasteiger partial charge in [-0.25, -0.2) is 0 Å². The van der Waals surface area contributed by atoms with Crippen molar-refractivity contribution >= 4 is 5.97 Å². The molecule has 0 aromatic heterocycles. The summed E-state index contributed by atoms with van der Waals surface area (Å²) in [4.78, 5) is 23.3. The highest BCUT2D eigenvalue weighted by molar-refractivity contribution is 5.75. The molecule has 0 radical (unpaired) electrons. The SMILES string of the molecule is CCOC(=O)C(C(C[N+](=O)[O-])c1ccccc1)C1(C)OCCO1. The van der Waals surface area contributed by atoms with Crippen molar-refractivity contribution < 1.29 is 23.9 Å². The molecule has 0 bridgehead atoms. The molecule has 0 aliphatic carbocycles. The predicted molar refractivity (Wildman–Crippen MR) is 81.5 cm³/mol.